The van der Waals surface area contributed by atoms with Crippen molar-refractivity contribution >= 4 is 40.4 Å². The summed E-state index contributed by atoms with van der Waals surface area (Å²) >= 11 is 0. The highest BCUT2D eigenvalue weighted by Crippen LogP contribution is 2.29. The highest BCUT2D eigenvalue weighted by Gasteiger charge is 2.38. The standard InChI is InChI=1S/C25H26N6O3/c26-19-8-4-5-9-21(19)30-23(32)17-10-11-22(28-15-17)31-13-12-25(34,16-31)14-20(27)24(33)29-18-6-2-1-3-7-18/h1-11,15,27,34H,12-14,16,26H2,(H,29,33)(H,30,32). The number of para-hydroxylation sites is 3. The van der Waals surface area contributed by atoms with Gasteiger partial charge in [-0.2, -0.15) is 0 Å². The number of nitrogens with one attached hydrogen (secondary N) is 3. The topological polar surface area (TPSA) is 144 Å². The highest BCUT2D eigenvalue weighted by molar-refractivity contribution is 6.42. The summed E-state index contributed by atoms with van der Waals surface area (Å²) in [6.07, 6.45) is 1.79. The normalized spacial score (nSPS) is 17.3. The minimum Gasteiger partial charge on any atom is -0.397 e. The van der Waals surface area contributed by atoms with Crippen molar-refractivity contribution in [2.75, 3.05) is 34.4 Å². The maximum absolute atomic E-state index is 12.5. The van der Waals surface area contributed by atoms with Crippen LogP contribution in [0.3, 0.4) is 0 Å². The SMILES string of the molecule is N=C(CC1(O)CCN(c2ccc(C(=O)Nc3ccccc3N)cn2)C1)C(=O)Nc1ccccc1. The van der Waals surface area contributed by atoms with Gasteiger partial charge in [-0.1, -0.05) is 30.3 Å². The fourth-order valence-electron chi connectivity index (χ4n) is 3.85. The molecule has 0 bridgehead atoms. The molecule has 0 spiro atoms. The Morgan fingerprint density at radius 1 is 1.06 bits per heavy atom. The predicted octanol–water partition coefficient (Wildman–Crippen LogP) is 2.91. The van der Waals surface area contributed by atoms with Crippen LogP contribution in [-0.4, -0.2) is 46.3 Å². The fourth-order valence-corrected chi connectivity index (χ4v) is 3.85. The van der Waals surface area contributed by atoms with E-state index in [2.05, 4.69) is 15.6 Å². The van der Waals surface area contributed by atoms with Gasteiger partial charge in [-0.15, -0.1) is 0 Å². The number of aliphatic hydroxyl groups is 1. The van der Waals surface area contributed by atoms with Crippen LogP contribution in [0.1, 0.15) is 23.2 Å². The minimum atomic E-state index is -1.21. The first-order valence-electron chi connectivity index (χ1n) is 10.9. The molecule has 1 unspecified atom stereocenters. The molecule has 2 heterocycles. The lowest BCUT2D eigenvalue weighted by Crippen LogP contribution is -2.38. The summed E-state index contributed by atoms with van der Waals surface area (Å²) in [5.74, 6) is -0.259. The van der Waals surface area contributed by atoms with E-state index < -0.39 is 11.5 Å². The minimum absolute atomic E-state index is 0.0683. The molecule has 2 aromatic carbocycles. The fraction of sp³-hybridized carbons (Fsp3) is 0.200. The van der Waals surface area contributed by atoms with Crippen LogP contribution in [0.2, 0.25) is 0 Å². The molecule has 9 nitrogen and oxygen atoms in total. The van der Waals surface area contributed by atoms with E-state index in [1.165, 1.54) is 6.20 Å². The molecule has 6 N–H and O–H groups in total. The van der Waals surface area contributed by atoms with Gasteiger partial charge in [0.2, 0.25) is 0 Å². The second-order valence-corrected chi connectivity index (χ2v) is 8.32. The van der Waals surface area contributed by atoms with Gasteiger partial charge in [-0.3, -0.25) is 15.0 Å². The van der Waals surface area contributed by atoms with Crippen molar-refractivity contribution < 1.29 is 14.7 Å². The lowest BCUT2D eigenvalue weighted by Gasteiger charge is -2.24. The Morgan fingerprint density at radius 3 is 2.50 bits per heavy atom. The van der Waals surface area contributed by atoms with E-state index in [9.17, 15) is 14.7 Å². The molecule has 9 heteroatoms. The van der Waals surface area contributed by atoms with Crippen molar-refractivity contribution in [3.8, 4) is 0 Å². The summed E-state index contributed by atoms with van der Waals surface area (Å²) in [6, 6.07) is 19.3. The number of pyridine rings is 1. The molecule has 2 amide bonds. The number of carbonyl (C=O) groups excluding carboxylic acids is 2. The molecular formula is C25H26N6O3. The highest BCUT2D eigenvalue weighted by atomic mass is 16.3. The molecule has 1 atom stereocenters. The summed E-state index contributed by atoms with van der Waals surface area (Å²) in [5, 5.41) is 24.5. The number of rotatable bonds is 7. The Balaban J connectivity index is 1.34. The maximum atomic E-state index is 12.5. The number of carbonyl (C=O) groups is 2. The van der Waals surface area contributed by atoms with Gasteiger partial charge in [0.25, 0.3) is 11.8 Å². The van der Waals surface area contributed by atoms with Gasteiger partial charge >= 0.3 is 0 Å². The zero-order valence-corrected chi connectivity index (χ0v) is 18.5. The first kappa shape index (κ1) is 22.9. The second-order valence-electron chi connectivity index (χ2n) is 8.32. The zero-order valence-electron chi connectivity index (χ0n) is 18.5. The van der Waals surface area contributed by atoms with Crippen LogP contribution < -0.4 is 21.3 Å². The number of hydrogen-bond donors (Lipinski definition) is 5. The molecule has 4 rings (SSSR count). The lowest BCUT2D eigenvalue weighted by molar-refractivity contribution is -0.110. The van der Waals surface area contributed by atoms with Gasteiger partial charge in [-0.05, 0) is 42.8 Å². The number of hydrogen-bond acceptors (Lipinski definition) is 7. The quantitative estimate of drug-likeness (QED) is 0.272. The van der Waals surface area contributed by atoms with Gasteiger partial charge in [0.1, 0.15) is 5.82 Å². The van der Waals surface area contributed by atoms with Gasteiger partial charge in [0.05, 0.1) is 28.3 Å². The van der Waals surface area contributed by atoms with Crippen LogP contribution >= 0.6 is 0 Å². The molecule has 1 fully saturated rings. The van der Waals surface area contributed by atoms with E-state index in [1.807, 2.05) is 11.0 Å². The van der Waals surface area contributed by atoms with Gasteiger partial charge in [0, 0.05) is 31.4 Å². The average Bonchev–Trinajstić information content (AvgIpc) is 3.22. The first-order valence-corrected chi connectivity index (χ1v) is 10.9. The maximum Gasteiger partial charge on any atom is 0.269 e. The summed E-state index contributed by atoms with van der Waals surface area (Å²) in [4.78, 5) is 31.1. The van der Waals surface area contributed by atoms with Gasteiger partial charge in [-0.25, -0.2) is 4.98 Å². The number of amides is 2. The lowest BCUT2D eigenvalue weighted by atomic mass is 9.95. The molecule has 174 valence electrons. The van der Waals surface area contributed by atoms with E-state index in [0.717, 1.165) is 0 Å². The van der Waals surface area contributed by atoms with Crippen molar-refractivity contribution in [1.29, 1.82) is 5.41 Å². The molecule has 1 aliphatic rings. The van der Waals surface area contributed by atoms with Crippen molar-refractivity contribution in [1.82, 2.24) is 4.98 Å². The summed E-state index contributed by atoms with van der Waals surface area (Å²) in [6.45, 7) is 0.746. The van der Waals surface area contributed by atoms with Crippen molar-refractivity contribution in [2.24, 2.45) is 0 Å². The van der Waals surface area contributed by atoms with E-state index in [1.54, 1.807) is 60.7 Å². The van der Waals surface area contributed by atoms with E-state index >= 15 is 0 Å². The van der Waals surface area contributed by atoms with E-state index in [-0.39, 0.29) is 24.6 Å². The Morgan fingerprint density at radius 2 is 1.79 bits per heavy atom. The summed E-state index contributed by atoms with van der Waals surface area (Å²) in [5.41, 5.74) is 6.44. The van der Waals surface area contributed by atoms with Crippen LogP contribution in [0.25, 0.3) is 0 Å². The van der Waals surface area contributed by atoms with Crippen LogP contribution in [0.5, 0.6) is 0 Å². The van der Waals surface area contributed by atoms with Crippen molar-refractivity contribution in [2.45, 2.75) is 18.4 Å². The molecular weight excluding hydrogens is 432 g/mol. The molecule has 1 aromatic heterocycles. The van der Waals surface area contributed by atoms with Gasteiger partial charge in [0.15, 0.2) is 0 Å². The molecule has 34 heavy (non-hydrogen) atoms. The Hall–Kier alpha value is -4.24. The number of nitrogen functional groups attached to an aromatic ring is 1. The molecule has 0 radical (unpaired) electrons. The van der Waals surface area contributed by atoms with Crippen LogP contribution in [0.15, 0.2) is 72.9 Å². The van der Waals surface area contributed by atoms with E-state index in [0.29, 0.717) is 41.4 Å². The smallest absolute Gasteiger partial charge is 0.269 e. The number of anilines is 4. The van der Waals surface area contributed by atoms with Crippen molar-refractivity contribution in [3.63, 3.8) is 0 Å². The zero-order chi connectivity index (χ0) is 24.1. The largest absolute Gasteiger partial charge is 0.397 e. The Bertz CT molecular complexity index is 1200. The number of nitrogens with zero attached hydrogens (tertiary/aromatic N) is 2. The third kappa shape index (κ3) is 5.38. The Labute approximate surface area is 197 Å². The summed E-state index contributed by atoms with van der Waals surface area (Å²) in [7, 11) is 0. The van der Waals surface area contributed by atoms with Crippen molar-refractivity contribution in [3.05, 3.63) is 78.5 Å². The Kier molecular flexibility index (Phi) is 6.55. The molecule has 1 saturated heterocycles. The molecule has 0 saturated carbocycles. The average molecular weight is 459 g/mol. The monoisotopic (exact) mass is 458 g/mol. The number of benzene rings is 2. The predicted molar refractivity (Wildman–Crippen MR) is 132 cm³/mol. The number of β-amino-alcohol motifs (C(OH)–C–C–N with tert-alkyl or cyclic N) is 1. The first-order chi connectivity index (χ1) is 16.3. The third-order valence-corrected chi connectivity index (χ3v) is 5.69. The van der Waals surface area contributed by atoms with E-state index in [4.69, 9.17) is 11.1 Å². The number of nitrogens with two attached hydrogens (primary N) is 1. The van der Waals surface area contributed by atoms with Gasteiger partial charge < -0.3 is 26.4 Å². The molecule has 0 aliphatic carbocycles. The van der Waals surface area contributed by atoms with Crippen LogP contribution in [0.4, 0.5) is 22.9 Å². The summed E-state index contributed by atoms with van der Waals surface area (Å²) < 4.78 is 0. The second kappa shape index (κ2) is 9.72. The molecule has 3 aromatic rings. The third-order valence-electron chi connectivity index (χ3n) is 5.69. The van der Waals surface area contributed by atoms with Crippen LogP contribution in [0, 0.1) is 5.41 Å². The number of aromatic nitrogens is 1. The molecule has 1 aliphatic heterocycles. The van der Waals surface area contributed by atoms with Crippen LogP contribution in [-0.2, 0) is 4.79 Å².